The summed E-state index contributed by atoms with van der Waals surface area (Å²) in [5.41, 5.74) is 4.72. The Bertz CT molecular complexity index is 1580. The van der Waals surface area contributed by atoms with Crippen molar-refractivity contribution < 1.29 is 24.5 Å². The van der Waals surface area contributed by atoms with Crippen LogP contribution in [0.2, 0.25) is 0 Å². The normalized spacial score (nSPS) is 26.6. The minimum Gasteiger partial charge on any atom is -0.508 e. The van der Waals surface area contributed by atoms with Gasteiger partial charge in [-0.15, -0.1) is 0 Å². The molecule has 42 heavy (non-hydrogen) atoms. The minimum atomic E-state index is -0.567. The number of aryl methyl sites for hydroxylation is 2. The van der Waals surface area contributed by atoms with Gasteiger partial charge in [-0.05, 0) is 92.2 Å². The van der Waals surface area contributed by atoms with Crippen molar-refractivity contribution in [3.63, 3.8) is 0 Å². The van der Waals surface area contributed by atoms with Gasteiger partial charge in [0.05, 0.1) is 11.3 Å². The summed E-state index contributed by atoms with van der Waals surface area (Å²) < 4.78 is 0. The van der Waals surface area contributed by atoms with Crippen LogP contribution in [0.5, 0.6) is 5.75 Å². The molecule has 0 aliphatic heterocycles. The fraction of sp³-hybridized carbons (Fsp3) is 0.382. The molecule has 3 aromatic rings. The number of benzene rings is 3. The number of non-ortho nitro benzene ring substituents is 1. The highest BCUT2D eigenvalue weighted by Gasteiger charge is 2.58. The van der Waals surface area contributed by atoms with Crippen molar-refractivity contribution in [3.05, 3.63) is 105 Å². The molecule has 2 fully saturated rings. The first-order chi connectivity index (χ1) is 20.1. The van der Waals surface area contributed by atoms with Crippen molar-refractivity contribution in [2.24, 2.45) is 28.3 Å². The molecule has 3 aliphatic carbocycles. The van der Waals surface area contributed by atoms with Crippen molar-refractivity contribution in [1.82, 2.24) is 0 Å². The van der Waals surface area contributed by atoms with Gasteiger partial charge in [-0.1, -0.05) is 48.0 Å². The fourth-order valence-electron chi connectivity index (χ4n) is 7.75. The first kappa shape index (κ1) is 27.8. The number of nitro benzene ring substituents is 1. The van der Waals surface area contributed by atoms with E-state index in [-0.39, 0.29) is 23.8 Å². The van der Waals surface area contributed by atoms with Crippen LogP contribution in [0.25, 0.3) is 0 Å². The maximum atomic E-state index is 13.7. The molecule has 8 nitrogen and oxygen atoms in total. The van der Waals surface area contributed by atoms with Crippen LogP contribution < -0.4 is 0 Å². The maximum absolute atomic E-state index is 13.7. The molecule has 5 atom stereocenters. The van der Waals surface area contributed by atoms with E-state index in [9.17, 15) is 24.8 Å². The van der Waals surface area contributed by atoms with E-state index in [1.165, 1.54) is 23.3 Å². The molecule has 1 N–H and O–H groups in total. The average molecular weight is 567 g/mol. The number of hydrogen-bond donors (Lipinski definition) is 1. The van der Waals surface area contributed by atoms with Crippen LogP contribution in [0.3, 0.4) is 0 Å². The molecule has 0 bridgehead atoms. The number of phenols is 1. The molecular weight excluding hydrogens is 532 g/mol. The Hall–Kier alpha value is -4.33. The summed E-state index contributed by atoms with van der Waals surface area (Å²) in [4.78, 5) is 42.9. The first-order valence-electron chi connectivity index (χ1n) is 14.6. The summed E-state index contributed by atoms with van der Waals surface area (Å²) >= 11 is 0. The number of phenolic OH excluding ortho intramolecular Hbond substituents is 1. The smallest absolute Gasteiger partial charge is 0.335 e. The van der Waals surface area contributed by atoms with Gasteiger partial charge in [0.2, 0.25) is 0 Å². The van der Waals surface area contributed by atoms with Gasteiger partial charge in [0.1, 0.15) is 17.2 Å². The summed E-state index contributed by atoms with van der Waals surface area (Å²) in [5.74, 6) is 0.415. The van der Waals surface area contributed by atoms with E-state index in [1.54, 1.807) is 18.2 Å². The standard InChI is InChI=1S/C34H34N2O6/c1-20-3-5-21(6-4-20)32(22-7-10-25(11-8-22)36(40)41)35-42-31(38)19-24-18-30-29-13-9-23-17-26(37)12-14-27(23)28(29)15-16-34(30,2)33(24)39/h3-8,10-12,14,17,24,28-30,37H,9,13,15-16,18-19H2,1-2H3/t24?,28?,29?,30?,34-/m0/s1. The van der Waals surface area contributed by atoms with Crippen LogP contribution in [0.1, 0.15) is 72.8 Å². The second-order valence-corrected chi connectivity index (χ2v) is 12.3. The highest BCUT2D eigenvalue weighted by Crippen LogP contribution is 2.61. The lowest BCUT2D eigenvalue weighted by Gasteiger charge is -2.48. The van der Waals surface area contributed by atoms with Crippen molar-refractivity contribution in [3.8, 4) is 5.75 Å². The number of nitro groups is 1. The second kappa shape index (κ2) is 10.8. The Kier molecular flexibility index (Phi) is 7.17. The van der Waals surface area contributed by atoms with Gasteiger partial charge in [0.15, 0.2) is 0 Å². The van der Waals surface area contributed by atoms with Gasteiger partial charge >= 0.3 is 5.97 Å². The molecule has 3 aromatic carbocycles. The van der Waals surface area contributed by atoms with Crippen molar-refractivity contribution >= 4 is 23.2 Å². The third-order valence-corrected chi connectivity index (χ3v) is 9.90. The number of aromatic hydroxyl groups is 1. The highest BCUT2D eigenvalue weighted by atomic mass is 16.7. The summed E-state index contributed by atoms with van der Waals surface area (Å²) in [6, 6.07) is 19.2. The topological polar surface area (TPSA) is 119 Å². The number of ketones is 1. The van der Waals surface area contributed by atoms with Gasteiger partial charge < -0.3 is 9.94 Å². The van der Waals surface area contributed by atoms with Crippen molar-refractivity contribution in [1.29, 1.82) is 0 Å². The molecule has 216 valence electrons. The van der Waals surface area contributed by atoms with Crippen LogP contribution in [0, 0.1) is 40.2 Å². The largest absolute Gasteiger partial charge is 0.508 e. The lowest BCUT2D eigenvalue weighted by molar-refractivity contribution is -0.384. The number of Topliss-reactive ketones (excluding diaryl/α,β-unsaturated/α-hetero) is 1. The molecule has 4 unspecified atom stereocenters. The Balaban J connectivity index is 1.19. The predicted octanol–water partition coefficient (Wildman–Crippen LogP) is 6.65. The molecule has 0 amide bonds. The van der Waals surface area contributed by atoms with E-state index < -0.39 is 22.2 Å². The zero-order valence-electron chi connectivity index (χ0n) is 23.8. The van der Waals surface area contributed by atoms with Gasteiger partial charge in [-0.2, -0.15) is 0 Å². The highest BCUT2D eigenvalue weighted by molar-refractivity contribution is 6.12. The average Bonchev–Trinajstić information content (AvgIpc) is 3.23. The molecule has 0 spiro atoms. The number of carbonyl (C=O) groups is 2. The van der Waals surface area contributed by atoms with Gasteiger partial charge in [0.25, 0.3) is 5.69 Å². The zero-order valence-corrected chi connectivity index (χ0v) is 23.8. The summed E-state index contributed by atoms with van der Waals surface area (Å²) in [6.07, 6.45) is 4.22. The van der Waals surface area contributed by atoms with E-state index >= 15 is 0 Å². The Labute approximate surface area is 244 Å². The molecule has 2 saturated carbocycles. The number of oxime groups is 1. The Morgan fingerprint density at radius 1 is 1.07 bits per heavy atom. The molecule has 8 heteroatoms. The molecule has 0 radical (unpaired) electrons. The summed E-state index contributed by atoms with van der Waals surface area (Å²) in [7, 11) is 0. The molecule has 3 aliphatic rings. The number of hydrogen-bond acceptors (Lipinski definition) is 7. The summed E-state index contributed by atoms with van der Waals surface area (Å²) in [5, 5.41) is 25.3. The van der Waals surface area contributed by atoms with E-state index in [4.69, 9.17) is 4.84 Å². The van der Waals surface area contributed by atoms with Crippen LogP contribution in [-0.2, 0) is 20.8 Å². The Morgan fingerprint density at radius 3 is 2.45 bits per heavy atom. The van der Waals surface area contributed by atoms with Crippen LogP contribution in [0.15, 0.2) is 71.9 Å². The maximum Gasteiger partial charge on any atom is 0.335 e. The van der Waals surface area contributed by atoms with Crippen molar-refractivity contribution in [2.75, 3.05) is 0 Å². The lowest BCUT2D eigenvalue weighted by Crippen LogP contribution is -2.42. The van der Waals surface area contributed by atoms with Gasteiger partial charge in [-0.3, -0.25) is 14.9 Å². The monoisotopic (exact) mass is 566 g/mol. The summed E-state index contributed by atoms with van der Waals surface area (Å²) in [6.45, 7) is 4.04. The number of nitrogens with zero attached hydrogens (tertiary/aromatic N) is 2. The van der Waals surface area contributed by atoms with Crippen LogP contribution in [-0.4, -0.2) is 27.5 Å². The van der Waals surface area contributed by atoms with E-state index in [0.29, 0.717) is 40.8 Å². The van der Waals surface area contributed by atoms with E-state index in [0.717, 1.165) is 31.2 Å². The molecular formula is C34H34N2O6. The second-order valence-electron chi connectivity index (χ2n) is 12.3. The Morgan fingerprint density at radius 2 is 1.76 bits per heavy atom. The third kappa shape index (κ3) is 4.99. The zero-order chi connectivity index (χ0) is 29.6. The molecule has 0 aromatic heterocycles. The van der Waals surface area contributed by atoms with Crippen molar-refractivity contribution in [2.45, 2.75) is 58.3 Å². The fourth-order valence-corrected chi connectivity index (χ4v) is 7.75. The quantitative estimate of drug-likeness (QED) is 0.154. The molecule has 0 saturated heterocycles. The number of rotatable bonds is 6. The molecule has 6 rings (SSSR count). The van der Waals surface area contributed by atoms with E-state index in [2.05, 4.69) is 12.1 Å². The first-order valence-corrected chi connectivity index (χ1v) is 14.6. The minimum absolute atomic E-state index is 0.0301. The van der Waals surface area contributed by atoms with Gasteiger partial charge in [0, 0.05) is 34.6 Å². The third-order valence-electron chi connectivity index (χ3n) is 9.90. The van der Waals surface area contributed by atoms with Gasteiger partial charge in [-0.25, -0.2) is 4.79 Å². The SMILES string of the molecule is Cc1ccc(C(=NOC(=O)CC2CC3C4CCc5cc(O)ccc5C4CC[C@]3(C)C2=O)c2ccc([N+](=O)[O-])cc2)cc1. The van der Waals surface area contributed by atoms with Crippen LogP contribution in [0.4, 0.5) is 5.69 Å². The predicted molar refractivity (Wildman–Crippen MR) is 157 cm³/mol. The molecule has 0 heterocycles. The lowest BCUT2D eigenvalue weighted by atomic mass is 9.55. The van der Waals surface area contributed by atoms with E-state index in [1.807, 2.05) is 43.3 Å². The number of fused-ring (bicyclic) bond motifs is 5. The van der Waals surface area contributed by atoms with Crippen LogP contribution >= 0.6 is 0 Å². The number of carbonyl (C=O) groups excluding carboxylic acids is 2.